The van der Waals surface area contributed by atoms with E-state index in [1.54, 1.807) is 17.2 Å². The normalized spacial score (nSPS) is 16.2. The average molecular weight is 474 g/mol. The smallest absolute Gasteiger partial charge is 0.248 e. The lowest BCUT2D eigenvalue weighted by Crippen LogP contribution is -2.44. The molecule has 0 radical (unpaired) electrons. The average Bonchev–Trinajstić information content (AvgIpc) is 3.70. The van der Waals surface area contributed by atoms with E-state index < -0.39 is 5.91 Å². The summed E-state index contributed by atoms with van der Waals surface area (Å²) in [5, 5.41) is 4.89. The number of hydrogen-bond donors (Lipinski definition) is 2. The zero-order valence-electron chi connectivity index (χ0n) is 19.9. The summed E-state index contributed by atoms with van der Waals surface area (Å²) in [7, 11) is 2.14. The van der Waals surface area contributed by atoms with Crippen LogP contribution in [0, 0.1) is 5.92 Å². The van der Waals surface area contributed by atoms with Crippen molar-refractivity contribution in [2.24, 2.45) is 11.7 Å². The molecule has 1 aliphatic carbocycles. The SMILES string of the molecule is CN1CCN(c2ccc(Nc3cc(C(N)=O)cc(N(OCC4CC4)c4ccccc4)n3)nc2)CC1. The van der Waals surface area contributed by atoms with E-state index in [9.17, 15) is 4.79 Å². The molecule has 0 atom stereocenters. The number of piperazine rings is 1. The number of anilines is 5. The highest BCUT2D eigenvalue weighted by atomic mass is 16.7. The summed E-state index contributed by atoms with van der Waals surface area (Å²) in [6, 6.07) is 17.0. The van der Waals surface area contributed by atoms with Gasteiger partial charge in [0.15, 0.2) is 5.82 Å². The predicted octanol–water partition coefficient (Wildman–Crippen LogP) is 3.55. The summed E-state index contributed by atoms with van der Waals surface area (Å²) < 4.78 is 0. The summed E-state index contributed by atoms with van der Waals surface area (Å²) in [5.41, 5.74) is 7.90. The second-order valence-electron chi connectivity index (χ2n) is 9.15. The topological polar surface area (TPSA) is 99.9 Å². The lowest BCUT2D eigenvalue weighted by Gasteiger charge is -2.33. The zero-order chi connectivity index (χ0) is 24.2. The van der Waals surface area contributed by atoms with Crippen molar-refractivity contribution in [1.29, 1.82) is 0 Å². The number of carbonyl (C=O) groups excluding carboxylic acids is 1. The number of pyridine rings is 2. The van der Waals surface area contributed by atoms with Gasteiger partial charge in [-0.3, -0.25) is 9.63 Å². The van der Waals surface area contributed by atoms with Crippen molar-refractivity contribution in [3.63, 3.8) is 0 Å². The molecule has 9 heteroatoms. The van der Waals surface area contributed by atoms with Gasteiger partial charge in [-0.05, 0) is 62.2 Å². The van der Waals surface area contributed by atoms with Crippen molar-refractivity contribution in [2.75, 3.05) is 55.1 Å². The standard InChI is InChI=1S/C26H31N7O2/c1-31-11-13-32(14-12-31)22-9-10-23(28-17-22)29-24-15-20(26(27)34)16-25(30-24)33(35-18-19-7-8-19)21-5-3-2-4-6-21/h2-6,9-10,15-17,19H,7-8,11-14,18H2,1H3,(H2,27,34)(H,28,29,30). The third-order valence-electron chi connectivity index (χ3n) is 6.30. The molecule has 1 amide bonds. The van der Waals surface area contributed by atoms with Crippen LogP contribution in [0.15, 0.2) is 60.8 Å². The number of likely N-dealkylation sites (N-methyl/N-ethyl adjacent to an activating group) is 1. The lowest BCUT2D eigenvalue weighted by molar-refractivity contribution is 0.0999. The number of aromatic nitrogens is 2. The van der Waals surface area contributed by atoms with Crippen molar-refractivity contribution in [2.45, 2.75) is 12.8 Å². The number of primary amides is 1. The number of nitrogens with two attached hydrogens (primary N) is 1. The number of carbonyl (C=O) groups is 1. The Labute approximate surface area is 205 Å². The van der Waals surface area contributed by atoms with Crippen LogP contribution in [-0.4, -0.2) is 60.6 Å². The number of benzene rings is 1. The van der Waals surface area contributed by atoms with Crippen LogP contribution in [-0.2, 0) is 4.84 Å². The Bertz CT molecular complexity index is 1140. The van der Waals surface area contributed by atoms with Crippen LogP contribution in [0.5, 0.6) is 0 Å². The molecule has 0 bridgehead atoms. The van der Waals surface area contributed by atoms with Gasteiger partial charge in [0.1, 0.15) is 11.6 Å². The minimum Gasteiger partial charge on any atom is -0.368 e. The molecule has 2 aliphatic rings. The molecule has 0 unspecified atom stereocenters. The molecule has 182 valence electrons. The summed E-state index contributed by atoms with van der Waals surface area (Å²) in [6.07, 6.45) is 4.20. The fraction of sp³-hybridized carbons (Fsp3) is 0.346. The molecule has 1 saturated carbocycles. The molecule has 3 N–H and O–H groups in total. The third-order valence-corrected chi connectivity index (χ3v) is 6.30. The molecule has 35 heavy (non-hydrogen) atoms. The maximum absolute atomic E-state index is 12.1. The number of rotatable bonds is 9. The third kappa shape index (κ3) is 5.87. The first-order chi connectivity index (χ1) is 17.0. The van der Waals surface area contributed by atoms with E-state index in [1.165, 1.54) is 12.8 Å². The molecule has 3 aromatic rings. The van der Waals surface area contributed by atoms with Crippen LogP contribution in [0.25, 0.3) is 0 Å². The Morgan fingerprint density at radius 3 is 2.51 bits per heavy atom. The van der Waals surface area contributed by atoms with Gasteiger partial charge >= 0.3 is 0 Å². The van der Waals surface area contributed by atoms with E-state index in [2.05, 4.69) is 33.2 Å². The fourth-order valence-corrected chi connectivity index (χ4v) is 3.97. The summed E-state index contributed by atoms with van der Waals surface area (Å²) in [6.45, 7) is 4.62. The van der Waals surface area contributed by atoms with Crippen LogP contribution in [0.1, 0.15) is 23.2 Å². The molecule has 1 aliphatic heterocycles. The van der Waals surface area contributed by atoms with E-state index in [0.717, 1.165) is 37.6 Å². The quantitative estimate of drug-likeness (QED) is 0.455. The number of hydrogen-bond acceptors (Lipinski definition) is 8. The molecule has 3 heterocycles. The van der Waals surface area contributed by atoms with Crippen LogP contribution >= 0.6 is 0 Å². The first-order valence-corrected chi connectivity index (χ1v) is 12.0. The number of para-hydroxylation sites is 1. The highest BCUT2D eigenvalue weighted by molar-refractivity contribution is 5.94. The predicted molar refractivity (Wildman–Crippen MR) is 137 cm³/mol. The van der Waals surface area contributed by atoms with Gasteiger partial charge in [0.25, 0.3) is 0 Å². The Morgan fingerprint density at radius 1 is 1.09 bits per heavy atom. The fourth-order valence-electron chi connectivity index (χ4n) is 3.97. The molecule has 2 fully saturated rings. The van der Waals surface area contributed by atoms with Gasteiger partial charge in [0.05, 0.1) is 24.2 Å². The Hall–Kier alpha value is -3.69. The first kappa shape index (κ1) is 23.1. The van der Waals surface area contributed by atoms with E-state index in [1.807, 2.05) is 42.6 Å². The van der Waals surface area contributed by atoms with Crippen LogP contribution in [0.3, 0.4) is 0 Å². The van der Waals surface area contributed by atoms with Gasteiger partial charge in [-0.1, -0.05) is 18.2 Å². The van der Waals surface area contributed by atoms with E-state index in [0.29, 0.717) is 35.5 Å². The lowest BCUT2D eigenvalue weighted by atomic mass is 10.2. The molecule has 9 nitrogen and oxygen atoms in total. The highest BCUT2D eigenvalue weighted by Gasteiger charge is 2.24. The van der Waals surface area contributed by atoms with Crippen LogP contribution in [0.4, 0.5) is 28.8 Å². The molecule has 1 saturated heterocycles. The molecule has 0 spiro atoms. The Morgan fingerprint density at radius 2 is 1.86 bits per heavy atom. The monoisotopic (exact) mass is 473 g/mol. The summed E-state index contributed by atoms with van der Waals surface area (Å²) >= 11 is 0. The van der Waals surface area contributed by atoms with Crippen molar-refractivity contribution >= 4 is 34.7 Å². The van der Waals surface area contributed by atoms with E-state index in [-0.39, 0.29) is 0 Å². The van der Waals surface area contributed by atoms with Gasteiger partial charge in [-0.15, -0.1) is 0 Å². The van der Waals surface area contributed by atoms with Crippen molar-refractivity contribution in [1.82, 2.24) is 14.9 Å². The van der Waals surface area contributed by atoms with Crippen molar-refractivity contribution in [3.05, 3.63) is 66.4 Å². The Balaban J connectivity index is 1.39. The maximum Gasteiger partial charge on any atom is 0.248 e. The van der Waals surface area contributed by atoms with Crippen LogP contribution in [0.2, 0.25) is 0 Å². The minimum atomic E-state index is -0.537. The van der Waals surface area contributed by atoms with Crippen LogP contribution < -0.4 is 21.0 Å². The molecular formula is C26H31N7O2. The second kappa shape index (κ2) is 10.3. The van der Waals surface area contributed by atoms with Gasteiger partial charge in [-0.2, -0.15) is 0 Å². The second-order valence-corrected chi connectivity index (χ2v) is 9.15. The van der Waals surface area contributed by atoms with Gasteiger partial charge in [0, 0.05) is 31.7 Å². The van der Waals surface area contributed by atoms with Gasteiger partial charge in [0.2, 0.25) is 5.91 Å². The highest BCUT2D eigenvalue weighted by Crippen LogP contribution is 2.33. The molecule has 1 aromatic carbocycles. The van der Waals surface area contributed by atoms with Gasteiger partial charge < -0.3 is 20.9 Å². The largest absolute Gasteiger partial charge is 0.368 e. The van der Waals surface area contributed by atoms with E-state index in [4.69, 9.17) is 15.6 Å². The Kier molecular flexibility index (Phi) is 6.78. The van der Waals surface area contributed by atoms with E-state index >= 15 is 0 Å². The van der Waals surface area contributed by atoms with Crippen molar-refractivity contribution < 1.29 is 9.63 Å². The summed E-state index contributed by atoms with van der Waals surface area (Å²) in [4.78, 5) is 32.2. The number of nitrogens with one attached hydrogen (secondary N) is 1. The number of nitrogens with zero attached hydrogens (tertiary/aromatic N) is 5. The van der Waals surface area contributed by atoms with Crippen molar-refractivity contribution in [3.8, 4) is 0 Å². The number of amides is 1. The maximum atomic E-state index is 12.1. The first-order valence-electron chi connectivity index (χ1n) is 12.0. The zero-order valence-corrected chi connectivity index (χ0v) is 19.9. The minimum absolute atomic E-state index is 0.336. The summed E-state index contributed by atoms with van der Waals surface area (Å²) in [5.74, 6) is 1.59. The van der Waals surface area contributed by atoms with Gasteiger partial charge in [-0.25, -0.2) is 15.0 Å². The molecule has 2 aromatic heterocycles. The molecule has 5 rings (SSSR count). The molecular weight excluding hydrogens is 442 g/mol.